The Morgan fingerprint density at radius 1 is 1.09 bits per heavy atom. The van der Waals surface area contributed by atoms with Crippen molar-refractivity contribution in [1.82, 2.24) is 29.9 Å². The minimum atomic E-state index is 0.709. The van der Waals surface area contributed by atoms with Crippen LogP contribution in [0.5, 0.6) is 0 Å². The Hall–Kier alpha value is -3.22. The van der Waals surface area contributed by atoms with Crippen LogP contribution in [0.4, 0.5) is 11.5 Å². The maximum Gasteiger partial charge on any atom is 0.160 e. The van der Waals surface area contributed by atoms with Crippen LogP contribution < -0.4 is 5.32 Å². The van der Waals surface area contributed by atoms with Gasteiger partial charge in [-0.3, -0.25) is 5.10 Å². The summed E-state index contributed by atoms with van der Waals surface area (Å²) in [5.74, 6) is 0.724. The molecule has 0 atom stereocenters. The second-order valence-corrected chi connectivity index (χ2v) is 4.93. The second-order valence-electron chi connectivity index (χ2n) is 4.93. The summed E-state index contributed by atoms with van der Waals surface area (Å²) >= 11 is 0. The van der Waals surface area contributed by atoms with Gasteiger partial charge in [0.25, 0.3) is 0 Å². The number of nitrogens with zero attached hydrogens (tertiary/aromatic N) is 5. The Bertz CT molecular complexity index is 920. The van der Waals surface area contributed by atoms with Gasteiger partial charge >= 0.3 is 0 Å². The summed E-state index contributed by atoms with van der Waals surface area (Å²) in [5, 5.41) is 15.3. The first-order valence-corrected chi connectivity index (χ1v) is 6.83. The summed E-state index contributed by atoms with van der Waals surface area (Å²) in [6.45, 7) is 1.97. The molecule has 0 fully saturated rings. The van der Waals surface area contributed by atoms with Gasteiger partial charge < -0.3 is 5.32 Å². The smallest absolute Gasteiger partial charge is 0.160 e. The van der Waals surface area contributed by atoms with Gasteiger partial charge in [0.2, 0.25) is 0 Å². The van der Waals surface area contributed by atoms with Crippen molar-refractivity contribution < 1.29 is 0 Å². The summed E-state index contributed by atoms with van der Waals surface area (Å²) in [6.07, 6.45) is 5.15. The fourth-order valence-electron chi connectivity index (χ4n) is 2.26. The van der Waals surface area contributed by atoms with Crippen LogP contribution in [-0.4, -0.2) is 29.9 Å². The van der Waals surface area contributed by atoms with Crippen molar-refractivity contribution in [3.8, 4) is 5.69 Å². The van der Waals surface area contributed by atoms with E-state index in [1.165, 1.54) is 6.33 Å². The topological polar surface area (TPSA) is 84.3 Å². The van der Waals surface area contributed by atoms with E-state index >= 15 is 0 Å². The van der Waals surface area contributed by atoms with Crippen LogP contribution in [0.1, 0.15) is 5.69 Å². The third-order valence-corrected chi connectivity index (χ3v) is 3.37. The van der Waals surface area contributed by atoms with Crippen molar-refractivity contribution in [2.75, 3.05) is 5.32 Å². The Morgan fingerprint density at radius 2 is 1.95 bits per heavy atom. The van der Waals surface area contributed by atoms with Crippen molar-refractivity contribution in [3.05, 3.63) is 54.7 Å². The van der Waals surface area contributed by atoms with Gasteiger partial charge in [-0.1, -0.05) is 0 Å². The van der Waals surface area contributed by atoms with Crippen molar-refractivity contribution in [1.29, 1.82) is 0 Å². The SMILES string of the molecule is Cc1ccn(-c2ccc(Nc3ncnc4[nH]ncc34)cc2)n1. The van der Waals surface area contributed by atoms with E-state index in [4.69, 9.17) is 0 Å². The molecule has 0 aliphatic heterocycles. The van der Waals surface area contributed by atoms with E-state index in [1.807, 2.05) is 48.1 Å². The monoisotopic (exact) mass is 291 g/mol. The number of benzene rings is 1. The molecule has 0 amide bonds. The lowest BCUT2D eigenvalue weighted by Gasteiger charge is -2.07. The molecule has 108 valence electrons. The van der Waals surface area contributed by atoms with Crippen molar-refractivity contribution in [3.63, 3.8) is 0 Å². The van der Waals surface area contributed by atoms with E-state index in [-0.39, 0.29) is 0 Å². The first kappa shape index (κ1) is 12.5. The van der Waals surface area contributed by atoms with Gasteiger partial charge in [-0.05, 0) is 37.3 Å². The van der Waals surface area contributed by atoms with Gasteiger partial charge in [-0.15, -0.1) is 0 Å². The summed E-state index contributed by atoms with van der Waals surface area (Å²) in [7, 11) is 0. The lowest BCUT2D eigenvalue weighted by Crippen LogP contribution is -1.97. The molecule has 1 aromatic carbocycles. The molecular weight excluding hydrogens is 278 g/mol. The van der Waals surface area contributed by atoms with E-state index < -0.39 is 0 Å². The van der Waals surface area contributed by atoms with Crippen molar-refractivity contribution in [2.24, 2.45) is 0 Å². The minimum Gasteiger partial charge on any atom is -0.340 e. The number of H-pyrrole nitrogens is 1. The molecule has 0 bridgehead atoms. The van der Waals surface area contributed by atoms with E-state index in [0.717, 1.165) is 28.3 Å². The highest BCUT2D eigenvalue weighted by Crippen LogP contribution is 2.22. The summed E-state index contributed by atoms with van der Waals surface area (Å²) in [5.41, 5.74) is 3.65. The maximum atomic E-state index is 4.39. The zero-order valence-corrected chi connectivity index (χ0v) is 11.9. The van der Waals surface area contributed by atoms with Crippen LogP contribution in [0.15, 0.2) is 49.1 Å². The maximum absolute atomic E-state index is 4.39. The standard InChI is InChI=1S/C15H13N7/c1-10-6-7-22(21-10)12-4-2-11(3-5-12)19-14-13-8-18-20-15(13)17-9-16-14/h2-9H,1H3,(H2,16,17,18,19,20). The molecule has 7 nitrogen and oxygen atoms in total. The average Bonchev–Trinajstić information content (AvgIpc) is 3.17. The normalized spacial score (nSPS) is 11.0. The van der Waals surface area contributed by atoms with E-state index in [0.29, 0.717) is 5.65 Å². The highest BCUT2D eigenvalue weighted by molar-refractivity contribution is 5.87. The number of nitrogens with one attached hydrogen (secondary N) is 2. The van der Waals surface area contributed by atoms with Gasteiger partial charge in [0.05, 0.1) is 23.0 Å². The summed E-state index contributed by atoms with van der Waals surface area (Å²) in [6, 6.07) is 9.95. The van der Waals surface area contributed by atoms with Gasteiger partial charge in [-0.2, -0.15) is 10.2 Å². The predicted molar refractivity (Wildman–Crippen MR) is 83.3 cm³/mol. The van der Waals surface area contributed by atoms with Crippen LogP contribution in [0.25, 0.3) is 16.7 Å². The van der Waals surface area contributed by atoms with Gasteiger partial charge in [0, 0.05) is 11.9 Å². The molecule has 7 heteroatoms. The number of aromatic nitrogens is 6. The molecule has 3 heterocycles. The molecule has 2 N–H and O–H groups in total. The van der Waals surface area contributed by atoms with Gasteiger partial charge in [0.1, 0.15) is 12.1 Å². The predicted octanol–water partition coefficient (Wildman–Crippen LogP) is 2.59. The second kappa shape index (κ2) is 4.96. The third kappa shape index (κ3) is 2.18. The zero-order valence-electron chi connectivity index (χ0n) is 11.9. The molecule has 4 aromatic rings. The molecule has 22 heavy (non-hydrogen) atoms. The average molecular weight is 291 g/mol. The van der Waals surface area contributed by atoms with Gasteiger partial charge in [-0.25, -0.2) is 14.6 Å². The Kier molecular flexibility index (Phi) is 2.82. The fourth-order valence-corrected chi connectivity index (χ4v) is 2.26. The summed E-state index contributed by atoms with van der Waals surface area (Å²) < 4.78 is 1.85. The molecule has 0 unspecified atom stereocenters. The number of fused-ring (bicyclic) bond motifs is 1. The Morgan fingerprint density at radius 3 is 2.73 bits per heavy atom. The lowest BCUT2D eigenvalue weighted by molar-refractivity contribution is 0.863. The number of aryl methyl sites for hydroxylation is 1. The van der Waals surface area contributed by atoms with Crippen LogP contribution in [0, 0.1) is 6.92 Å². The molecule has 0 aliphatic carbocycles. The molecule has 0 saturated carbocycles. The number of hydrogen-bond donors (Lipinski definition) is 2. The van der Waals surface area contributed by atoms with Crippen LogP contribution in [-0.2, 0) is 0 Å². The molecule has 0 aliphatic rings. The Balaban J connectivity index is 1.62. The summed E-state index contributed by atoms with van der Waals surface area (Å²) in [4.78, 5) is 8.38. The largest absolute Gasteiger partial charge is 0.340 e. The van der Waals surface area contributed by atoms with Gasteiger partial charge in [0.15, 0.2) is 5.65 Å². The molecule has 3 aromatic heterocycles. The number of rotatable bonds is 3. The van der Waals surface area contributed by atoms with Crippen LogP contribution >= 0.6 is 0 Å². The van der Waals surface area contributed by atoms with Crippen LogP contribution in [0.3, 0.4) is 0 Å². The van der Waals surface area contributed by atoms with E-state index in [2.05, 4.69) is 30.6 Å². The highest BCUT2D eigenvalue weighted by Gasteiger charge is 2.06. The fraction of sp³-hybridized carbons (Fsp3) is 0.0667. The molecule has 0 spiro atoms. The quantitative estimate of drug-likeness (QED) is 0.606. The van der Waals surface area contributed by atoms with Crippen molar-refractivity contribution in [2.45, 2.75) is 6.92 Å². The van der Waals surface area contributed by atoms with Crippen LogP contribution in [0.2, 0.25) is 0 Å². The molecule has 4 rings (SSSR count). The number of hydrogen-bond acceptors (Lipinski definition) is 5. The number of aromatic amines is 1. The molecule has 0 saturated heterocycles. The Labute approximate surface area is 126 Å². The lowest BCUT2D eigenvalue weighted by atomic mass is 10.2. The van der Waals surface area contributed by atoms with Crippen molar-refractivity contribution >= 4 is 22.5 Å². The van der Waals surface area contributed by atoms with E-state index in [1.54, 1.807) is 6.20 Å². The van der Waals surface area contributed by atoms with E-state index in [9.17, 15) is 0 Å². The first-order chi connectivity index (χ1) is 10.8. The third-order valence-electron chi connectivity index (χ3n) is 3.37. The molecule has 0 radical (unpaired) electrons. The minimum absolute atomic E-state index is 0.709. The highest BCUT2D eigenvalue weighted by atomic mass is 15.3. The first-order valence-electron chi connectivity index (χ1n) is 6.83. The number of anilines is 2. The molecular formula is C15H13N7. The zero-order chi connectivity index (χ0) is 14.9.